The summed E-state index contributed by atoms with van der Waals surface area (Å²) in [5.41, 5.74) is 0.0537. The van der Waals surface area contributed by atoms with E-state index in [0.717, 1.165) is 24.2 Å². The fourth-order valence-corrected chi connectivity index (χ4v) is 3.50. The zero-order valence-corrected chi connectivity index (χ0v) is 12.9. The molecule has 0 bridgehead atoms. The minimum absolute atomic E-state index is 0.0305. The minimum atomic E-state index is -1.10. The van der Waals surface area contributed by atoms with Gasteiger partial charge in [-0.2, -0.15) is 0 Å². The standard InChI is InChI=1S/C15H25NO5/c1-15(2,3)10-5-4-6-12(10)21-14(20)16-8-9(17)7-11(16)13(18)19/h9-12,17H,4-8H2,1-3H3,(H,18,19)/t9-,10?,11+,12?/m1/s1. The van der Waals surface area contributed by atoms with E-state index in [1.54, 1.807) is 0 Å². The molecule has 120 valence electrons. The molecule has 4 atom stereocenters. The monoisotopic (exact) mass is 299 g/mol. The average Bonchev–Trinajstić information content (AvgIpc) is 2.94. The number of aliphatic hydroxyl groups excluding tert-OH is 1. The summed E-state index contributed by atoms with van der Waals surface area (Å²) in [6.45, 7) is 6.42. The van der Waals surface area contributed by atoms with Crippen LogP contribution in [0.2, 0.25) is 0 Å². The van der Waals surface area contributed by atoms with Gasteiger partial charge in [0, 0.05) is 12.3 Å². The van der Waals surface area contributed by atoms with Crippen molar-refractivity contribution in [1.29, 1.82) is 0 Å². The molecule has 0 aromatic carbocycles. The second kappa shape index (κ2) is 5.83. The lowest BCUT2D eigenvalue weighted by atomic mass is 9.78. The summed E-state index contributed by atoms with van der Waals surface area (Å²) >= 11 is 0. The minimum Gasteiger partial charge on any atom is -0.480 e. The van der Waals surface area contributed by atoms with Gasteiger partial charge in [-0.15, -0.1) is 0 Å². The molecular formula is C15H25NO5. The van der Waals surface area contributed by atoms with Crippen molar-refractivity contribution in [1.82, 2.24) is 4.90 Å². The van der Waals surface area contributed by atoms with Gasteiger partial charge in [-0.25, -0.2) is 9.59 Å². The number of aliphatic carboxylic acids is 1. The molecule has 6 heteroatoms. The fourth-order valence-electron chi connectivity index (χ4n) is 3.50. The number of carboxylic acid groups (broad SMARTS) is 1. The van der Waals surface area contributed by atoms with Crippen LogP contribution in [0.1, 0.15) is 46.5 Å². The summed E-state index contributed by atoms with van der Waals surface area (Å²) in [6, 6.07) is -0.984. The number of nitrogens with zero attached hydrogens (tertiary/aromatic N) is 1. The van der Waals surface area contributed by atoms with Crippen molar-refractivity contribution >= 4 is 12.1 Å². The van der Waals surface area contributed by atoms with E-state index in [2.05, 4.69) is 20.8 Å². The van der Waals surface area contributed by atoms with E-state index in [9.17, 15) is 14.7 Å². The SMILES string of the molecule is CC(C)(C)C1CCCC1OC(=O)N1C[C@H](O)C[C@H]1C(=O)O. The molecule has 6 nitrogen and oxygen atoms in total. The molecule has 1 saturated carbocycles. The number of carbonyl (C=O) groups is 2. The Kier molecular flexibility index (Phi) is 4.46. The third-order valence-electron chi connectivity index (χ3n) is 4.62. The van der Waals surface area contributed by atoms with E-state index in [4.69, 9.17) is 9.84 Å². The van der Waals surface area contributed by atoms with Crippen LogP contribution >= 0.6 is 0 Å². The van der Waals surface area contributed by atoms with Gasteiger partial charge in [0.25, 0.3) is 0 Å². The Labute approximate surface area is 125 Å². The Hall–Kier alpha value is -1.30. The van der Waals surface area contributed by atoms with E-state index in [1.807, 2.05) is 0 Å². The summed E-state index contributed by atoms with van der Waals surface area (Å²) < 4.78 is 5.58. The summed E-state index contributed by atoms with van der Waals surface area (Å²) in [6.07, 6.45) is 1.36. The highest BCUT2D eigenvalue weighted by Crippen LogP contribution is 2.41. The number of likely N-dealkylation sites (tertiary alicyclic amines) is 1. The Bertz CT molecular complexity index is 417. The lowest BCUT2D eigenvalue weighted by Gasteiger charge is -2.33. The molecule has 1 aliphatic carbocycles. The molecule has 0 aromatic heterocycles. The van der Waals surface area contributed by atoms with Crippen LogP contribution in [0.15, 0.2) is 0 Å². The normalized spacial score (nSPS) is 33.2. The van der Waals surface area contributed by atoms with Crippen LogP contribution in [-0.4, -0.2) is 52.0 Å². The predicted octanol–water partition coefficient (Wildman–Crippen LogP) is 1.86. The van der Waals surface area contributed by atoms with Crippen molar-refractivity contribution in [2.45, 2.75) is 64.7 Å². The van der Waals surface area contributed by atoms with E-state index < -0.39 is 24.2 Å². The maximum absolute atomic E-state index is 12.3. The molecular weight excluding hydrogens is 274 g/mol. The first-order valence-corrected chi connectivity index (χ1v) is 7.58. The number of carbonyl (C=O) groups excluding carboxylic acids is 1. The molecule has 2 rings (SSSR count). The van der Waals surface area contributed by atoms with Crippen LogP contribution in [0.5, 0.6) is 0 Å². The second-order valence-electron chi connectivity index (χ2n) is 7.22. The lowest BCUT2D eigenvalue weighted by molar-refractivity contribution is -0.142. The quantitative estimate of drug-likeness (QED) is 0.812. The van der Waals surface area contributed by atoms with Gasteiger partial charge in [-0.3, -0.25) is 4.90 Å². The molecule has 2 unspecified atom stereocenters. The third-order valence-corrected chi connectivity index (χ3v) is 4.62. The Balaban J connectivity index is 2.02. The van der Waals surface area contributed by atoms with E-state index in [1.165, 1.54) is 0 Å². The number of β-amino-alcohol motifs (C(OH)–C–C–N with tert-alkyl or cyclic N) is 1. The molecule has 1 amide bonds. The van der Waals surface area contributed by atoms with Crippen molar-refractivity contribution < 1.29 is 24.5 Å². The molecule has 2 aliphatic rings. The fraction of sp³-hybridized carbons (Fsp3) is 0.867. The number of hydrogen-bond acceptors (Lipinski definition) is 4. The zero-order valence-electron chi connectivity index (χ0n) is 12.9. The van der Waals surface area contributed by atoms with Crippen molar-refractivity contribution in [3.05, 3.63) is 0 Å². The van der Waals surface area contributed by atoms with Gasteiger partial charge in [-0.1, -0.05) is 20.8 Å². The number of ether oxygens (including phenoxy) is 1. The largest absolute Gasteiger partial charge is 0.480 e. The summed E-state index contributed by atoms with van der Waals surface area (Å²) in [5.74, 6) is -0.806. The molecule has 2 fully saturated rings. The molecule has 0 spiro atoms. The Morgan fingerprint density at radius 2 is 1.90 bits per heavy atom. The Morgan fingerprint density at radius 3 is 2.48 bits per heavy atom. The molecule has 1 saturated heterocycles. The van der Waals surface area contributed by atoms with E-state index in [0.29, 0.717) is 0 Å². The van der Waals surface area contributed by atoms with Gasteiger partial charge in [0.05, 0.1) is 12.6 Å². The number of amides is 1. The maximum atomic E-state index is 12.3. The highest BCUT2D eigenvalue weighted by Gasteiger charge is 2.43. The number of rotatable bonds is 2. The van der Waals surface area contributed by atoms with Crippen molar-refractivity contribution in [2.24, 2.45) is 11.3 Å². The smallest absolute Gasteiger partial charge is 0.410 e. The Morgan fingerprint density at radius 1 is 1.24 bits per heavy atom. The van der Waals surface area contributed by atoms with E-state index in [-0.39, 0.29) is 30.4 Å². The van der Waals surface area contributed by atoms with Gasteiger partial charge in [0.2, 0.25) is 0 Å². The highest BCUT2D eigenvalue weighted by atomic mass is 16.6. The molecule has 2 N–H and O–H groups in total. The topological polar surface area (TPSA) is 87.1 Å². The third kappa shape index (κ3) is 3.48. The van der Waals surface area contributed by atoms with Gasteiger partial charge < -0.3 is 14.9 Å². The maximum Gasteiger partial charge on any atom is 0.410 e. The van der Waals surface area contributed by atoms with Gasteiger partial charge in [-0.05, 0) is 24.7 Å². The average molecular weight is 299 g/mol. The molecule has 21 heavy (non-hydrogen) atoms. The van der Waals surface area contributed by atoms with Crippen LogP contribution in [-0.2, 0) is 9.53 Å². The van der Waals surface area contributed by atoms with Crippen LogP contribution < -0.4 is 0 Å². The first kappa shape index (κ1) is 16.1. The summed E-state index contributed by atoms with van der Waals surface area (Å²) in [7, 11) is 0. The van der Waals surface area contributed by atoms with Gasteiger partial charge >= 0.3 is 12.1 Å². The number of hydrogen-bond donors (Lipinski definition) is 2. The zero-order chi connectivity index (χ0) is 15.8. The van der Waals surface area contributed by atoms with Gasteiger partial charge in [0.1, 0.15) is 12.1 Å². The van der Waals surface area contributed by atoms with Crippen molar-refractivity contribution in [3.63, 3.8) is 0 Å². The van der Waals surface area contributed by atoms with Crippen LogP contribution in [0.4, 0.5) is 4.79 Å². The first-order chi connectivity index (χ1) is 9.70. The highest BCUT2D eigenvalue weighted by molar-refractivity contribution is 5.81. The van der Waals surface area contributed by atoms with Crippen LogP contribution in [0, 0.1) is 11.3 Å². The first-order valence-electron chi connectivity index (χ1n) is 7.58. The molecule has 0 aromatic rings. The number of aliphatic hydroxyl groups is 1. The molecule has 0 radical (unpaired) electrons. The molecule has 1 aliphatic heterocycles. The van der Waals surface area contributed by atoms with Crippen molar-refractivity contribution in [2.75, 3.05) is 6.54 Å². The number of carboxylic acids is 1. The lowest BCUT2D eigenvalue weighted by Crippen LogP contribution is -2.43. The van der Waals surface area contributed by atoms with Crippen molar-refractivity contribution in [3.8, 4) is 0 Å². The van der Waals surface area contributed by atoms with Gasteiger partial charge in [0.15, 0.2) is 0 Å². The summed E-state index contributed by atoms with van der Waals surface area (Å²) in [5, 5.41) is 18.7. The predicted molar refractivity (Wildman–Crippen MR) is 75.8 cm³/mol. The second-order valence-corrected chi connectivity index (χ2v) is 7.22. The van der Waals surface area contributed by atoms with Crippen LogP contribution in [0.25, 0.3) is 0 Å². The van der Waals surface area contributed by atoms with Crippen LogP contribution in [0.3, 0.4) is 0 Å². The van der Waals surface area contributed by atoms with E-state index >= 15 is 0 Å². The summed E-state index contributed by atoms with van der Waals surface area (Å²) in [4.78, 5) is 24.6. The molecule has 1 heterocycles.